The number of carbonyl (C=O) groups is 1. The van der Waals surface area contributed by atoms with Crippen molar-refractivity contribution >= 4 is 5.97 Å². The van der Waals surface area contributed by atoms with Gasteiger partial charge >= 0.3 is 5.97 Å². The van der Waals surface area contributed by atoms with Crippen molar-refractivity contribution in [3.05, 3.63) is 0 Å². The van der Waals surface area contributed by atoms with Gasteiger partial charge in [-0.1, -0.05) is 33.6 Å². The third kappa shape index (κ3) is 26.1. The number of aliphatic hydroxyl groups excluding tert-OH is 1. The highest BCUT2D eigenvalue weighted by molar-refractivity contribution is 5.66. The standard InChI is InChI=1S/C10H20O2.C6H16NO/c1-10(2,3)8-6-4-5-7-9(11)12;1-6(8)5-7(2,3)4/h4-8H2,1-3H3,(H,11,12);6,8H,5H2,1-4H3/q;+1. The molecule has 0 amide bonds. The van der Waals surface area contributed by atoms with Crippen molar-refractivity contribution in [3.8, 4) is 0 Å². The number of likely N-dealkylation sites (N-methyl/N-ethyl adjacent to an activating group) is 1. The molecule has 0 rings (SSSR count). The van der Waals surface area contributed by atoms with Gasteiger partial charge in [0.25, 0.3) is 0 Å². The van der Waals surface area contributed by atoms with Crippen molar-refractivity contribution in [2.75, 3.05) is 27.7 Å². The maximum atomic E-state index is 10.2. The van der Waals surface area contributed by atoms with Crippen LogP contribution in [0.4, 0.5) is 0 Å². The Morgan fingerprint density at radius 1 is 1.10 bits per heavy atom. The molecule has 0 saturated carbocycles. The van der Waals surface area contributed by atoms with Gasteiger partial charge in [-0.3, -0.25) is 4.79 Å². The minimum atomic E-state index is -0.675. The van der Waals surface area contributed by atoms with Crippen molar-refractivity contribution < 1.29 is 19.5 Å². The van der Waals surface area contributed by atoms with Gasteiger partial charge in [0.2, 0.25) is 0 Å². The van der Waals surface area contributed by atoms with Gasteiger partial charge in [-0.25, -0.2) is 0 Å². The molecule has 2 N–H and O–H groups in total. The van der Waals surface area contributed by atoms with Crippen LogP contribution >= 0.6 is 0 Å². The van der Waals surface area contributed by atoms with Crippen LogP contribution in [0.15, 0.2) is 0 Å². The number of hydrogen-bond acceptors (Lipinski definition) is 2. The molecule has 1 atom stereocenters. The Hall–Kier alpha value is -0.610. The SMILES string of the molecule is CC(C)(C)CCCCCC(=O)O.CC(O)C[N+](C)(C)C. The average Bonchev–Trinajstić information content (AvgIpc) is 2.11. The zero-order valence-electron chi connectivity index (χ0n) is 14.6. The normalized spacial score (nSPS) is 13.4. The molecule has 20 heavy (non-hydrogen) atoms. The second kappa shape index (κ2) is 10.2. The van der Waals surface area contributed by atoms with E-state index in [1.54, 1.807) is 0 Å². The summed E-state index contributed by atoms with van der Waals surface area (Å²) in [6, 6.07) is 0. The van der Waals surface area contributed by atoms with Crippen LogP contribution < -0.4 is 0 Å². The van der Waals surface area contributed by atoms with E-state index in [9.17, 15) is 4.79 Å². The summed E-state index contributed by atoms with van der Waals surface area (Å²) in [5, 5.41) is 17.2. The predicted molar refractivity (Wildman–Crippen MR) is 84.8 cm³/mol. The van der Waals surface area contributed by atoms with Gasteiger partial charge in [0.1, 0.15) is 12.6 Å². The summed E-state index contributed by atoms with van der Waals surface area (Å²) in [5.41, 5.74) is 0.392. The van der Waals surface area contributed by atoms with E-state index in [1.807, 2.05) is 6.92 Å². The first-order chi connectivity index (χ1) is 8.83. The first-order valence-electron chi connectivity index (χ1n) is 7.54. The molecular formula is C16H36NO3+. The van der Waals surface area contributed by atoms with E-state index < -0.39 is 5.97 Å². The molecule has 1 unspecified atom stereocenters. The number of hydrogen-bond donors (Lipinski definition) is 2. The lowest BCUT2D eigenvalue weighted by atomic mass is 9.89. The highest BCUT2D eigenvalue weighted by atomic mass is 16.4. The zero-order valence-corrected chi connectivity index (χ0v) is 14.6. The summed E-state index contributed by atoms with van der Waals surface area (Å²) in [5.74, 6) is -0.675. The number of aliphatic hydroxyl groups is 1. The van der Waals surface area contributed by atoms with Crippen LogP contribution in [-0.2, 0) is 4.79 Å². The Morgan fingerprint density at radius 2 is 1.60 bits per heavy atom. The first-order valence-corrected chi connectivity index (χ1v) is 7.54. The number of nitrogens with zero attached hydrogens (tertiary/aromatic N) is 1. The molecule has 122 valence electrons. The van der Waals surface area contributed by atoms with Crippen molar-refractivity contribution in [2.24, 2.45) is 5.41 Å². The molecule has 4 heteroatoms. The van der Waals surface area contributed by atoms with Crippen LogP contribution in [-0.4, -0.2) is 54.5 Å². The number of quaternary nitrogens is 1. The molecular weight excluding hydrogens is 254 g/mol. The molecule has 0 heterocycles. The van der Waals surface area contributed by atoms with Gasteiger partial charge in [-0.2, -0.15) is 0 Å². The summed E-state index contributed by atoms with van der Waals surface area (Å²) in [4.78, 5) is 10.2. The molecule has 0 fully saturated rings. The van der Waals surface area contributed by atoms with Crippen LogP contribution in [0.5, 0.6) is 0 Å². The van der Waals surface area contributed by atoms with Crippen molar-refractivity contribution in [2.45, 2.75) is 65.9 Å². The van der Waals surface area contributed by atoms with Crippen molar-refractivity contribution in [3.63, 3.8) is 0 Å². The molecule has 4 nitrogen and oxygen atoms in total. The second-order valence-electron chi connectivity index (χ2n) is 7.84. The topological polar surface area (TPSA) is 57.5 Å². The lowest BCUT2D eigenvalue weighted by Crippen LogP contribution is -2.40. The van der Waals surface area contributed by atoms with E-state index >= 15 is 0 Å². The van der Waals surface area contributed by atoms with Gasteiger partial charge in [0.05, 0.1) is 21.1 Å². The summed E-state index contributed by atoms with van der Waals surface area (Å²) in [6.07, 6.45) is 4.35. The Kier molecular flexibility index (Phi) is 11.0. The number of aliphatic carboxylic acids is 1. The maximum absolute atomic E-state index is 10.2. The third-order valence-corrected chi connectivity index (χ3v) is 2.63. The summed E-state index contributed by atoms with van der Waals surface area (Å²) in [6.45, 7) is 9.27. The molecule has 0 radical (unpaired) electrons. The fraction of sp³-hybridized carbons (Fsp3) is 0.938. The summed E-state index contributed by atoms with van der Waals surface area (Å²) >= 11 is 0. The van der Waals surface area contributed by atoms with Crippen molar-refractivity contribution in [1.29, 1.82) is 0 Å². The van der Waals surface area contributed by atoms with Gasteiger partial charge in [0.15, 0.2) is 0 Å². The van der Waals surface area contributed by atoms with E-state index in [1.165, 1.54) is 6.42 Å². The van der Waals surface area contributed by atoms with E-state index in [0.717, 1.165) is 30.3 Å². The fourth-order valence-electron chi connectivity index (χ4n) is 1.90. The molecule has 0 saturated heterocycles. The molecule has 0 aromatic rings. The molecule has 0 aliphatic rings. The Morgan fingerprint density at radius 3 is 1.85 bits per heavy atom. The third-order valence-electron chi connectivity index (χ3n) is 2.63. The van der Waals surface area contributed by atoms with Gasteiger partial charge < -0.3 is 14.7 Å². The second-order valence-corrected chi connectivity index (χ2v) is 7.84. The minimum absolute atomic E-state index is 0.185. The zero-order chi connectivity index (χ0) is 16.4. The van der Waals surface area contributed by atoms with E-state index in [0.29, 0.717) is 11.8 Å². The summed E-state index contributed by atoms with van der Waals surface area (Å²) in [7, 11) is 6.19. The van der Waals surface area contributed by atoms with E-state index in [2.05, 4.69) is 41.9 Å². The van der Waals surface area contributed by atoms with Crippen molar-refractivity contribution in [1.82, 2.24) is 0 Å². The van der Waals surface area contributed by atoms with Gasteiger partial charge in [0, 0.05) is 6.42 Å². The van der Waals surface area contributed by atoms with E-state index in [4.69, 9.17) is 10.2 Å². The highest BCUT2D eigenvalue weighted by Gasteiger charge is 2.09. The number of unbranched alkanes of at least 4 members (excludes halogenated alkanes) is 2. The Bertz CT molecular complexity index is 249. The van der Waals surface area contributed by atoms with Crippen LogP contribution in [0, 0.1) is 5.41 Å². The first kappa shape index (κ1) is 21.7. The number of rotatable bonds is 7. The smallest absolute Gasteiger partial charge is 0.303 e. The Balaban J connectivity index is 0. The van der Waals surface area contributed by atoms with Gasteiger partial charge in [-0.05, 0) is 25.2 Å². The monoisotopic (exact) mass is 290 g/mol. The summed E-state index contributed by atoms with van der Waals surface area (Å²) < 4.78 is 0.831. The molecule has 0 aromatic heterocycles. The van der Waals surface area contributed by atoms with Crippen LogP contribution in [0.2, 0.25) is 0 Å². The van der Waals surface area contributed by atoms with Gasteiger partial charge in [-0.15, -0.1) is 0 Å². The molecule has 0 aliphatic carbocycles. The molecule has 0 bridgehead atoms. The van der Waals surface area contributed by atoms with Crippen LogP contribution in [0.3, 0.4) is 0 Å². The largest absolute Gasteiger partial charge is 0.481 e. The maximum Gasteiger partial charge on any atom is 0.303 e. The number of carboxylic acids is 1. The fourth-order valence-corrected chi connectivity index (χ4v) is 1.90. The molecule has 0 spiro atoms. The Labute approximate surface area is 125 Å². The molecule has 0 aliphatic heterocycles. The van der Waals surface area contributed by atoms with Crippen LogP contribution in [0.25, 0.3) is 0 Å². The average molecular weight is 290 g/mol. The quantitative estimate of drug-likeness (QED) is 0.559. The number of carboxylic acid groups (broad SMARTS) is 1. The highest BCUT2D eigenvalue weighted by Crippen LogP contribution is 2.22. The predicted octanol–water partition coefficient (Wildman–Crippen LogP) is 3.14. The van der Waals surface area contributed by atoms with E-state index in [-0.39, 0.29) is 6.10 Å². The lowest BCUT2D eigenvalue weighted by Gasteiger charge is -2.24. The molecule has 0 aromatic carbocycles. The van der Waals surface area contributed by atoms with Crippen LogP contribution in [0.1, 0.15) is 59.8 Å². The minimum Gasteiger partial charge on any atom is -0.481 e. The lowest BCUT2D eigenvalue weighted by molar-refractivity contribution is -0.873.